The Morgan fingerprint density at radius 2 is 1.75 bits per heavy atom. The molecule has 2 bridgehead atoms. The Morgan fingerprint density at radius 1 is 1.25 bits per heavy atom. The van der Waals surface area contributed by atoms with Crippen molar-refractivity contribution in [3.63, 3.8) is 0 Å². The number of likely N-dealkylation sites (N-methyl/N-ethyl adjacent to an activating group) is 1. The fourth-order valence-corrected chi connectivity index (χ4v) is 2.45. The van der Waals surface area contributed by atoms with Crippen molar-refractivity contribution in [2.75, 3.05) is 20.1 Å². The largest absolute Gasteiger partial charge is 0.379 e. The van der Waals surface area contributed by atoms with Crippen molar-refractivity contribution < 1.29 is 5.11 Å². The van der Waals surface area contributed by atoms with Gasteiger partial charge in [-0.2, -0.15) is 0 Å². The number of aliphatic hydroxyl groups excluding tert-OH is 1. The lowest BCUT2D eigenvalue weighted by Gasteiger charge is -2.40. The summed E-state index contributed by atoms with van der Waals surface area (Å²) in [6.07, 6.45) is 2.36. The molecule has 2 aliphatic heterocycles. The van der Waals surface area contributed by atoms with E-state index in [1.165, 1.54) is 12.8 Å². The molecular formula is C9H18N2O. The molecule has 0 saturated carbocycles. The number of hydrogen-bond donors (Lipinski definition) is 1. The average molecular weight is 170 g/mol. The van der Waals surface area contributed by atoms with Gasteiger partial charge in [-0.3, -0.25) is 9.80 Å². The molecule has 0 amide bonds. The molecule has 2 saturated heterocycles. The molecule has 70 valence electrons. The first-order valence-corrected chi connectivity index (χ1v) is 4.82. The molecule has 2 aliphatic rings. The smallest absolute Gasteiger partial charge is 0.104 e. The van der Waals surface area contributed by atoms with Gasteiger partial charge in [0.05, 0.1) is 0 Å². The van der Waals surface area contributed by atoms with Gasteiger partial charge in [-0.25, -0.2) is 0 Å². The number of fused-ring (bicyclic) bond motifs is 2. The van der Waals surface area contributed by atoms with Crippen molar-refractivity contribution in [1.29, 1.82) is 0 Å². The highest BCUT2D eigenvalue weighted by atomic mass is 16.3. The predicted octanol–water partition coefficient (Wildman–Crippen LogP) is 0.103. The van der Waals surface area contributed by atoms with Crippen LogP contribution in [0.4, 0.5) is 0 Å². The van der Waals surface area contributed by atoms with Crippen LogP contribution in [0.25, 0.3) is 0 Å². The van der Waals surface area contributed by atoms with Crippen molar-refractivity contribution in [3.8, 4) is 0 Å². The van der Waals surface area contributed by atoms with E-state index in [4.69, 9.17) is 0 Å². The van der Waals surface area contributed by atoms with Crippen LogP contribution in [-0.2, 0) is 0 Å². The number of piperazine rings is 1. The van der Waals surface area contributed by atoms with Gasteiger partial charge in [-0.15, -0.1) is 0 Å². The highest BCUT2D eigenvalue weighted by Gasteiger charge is 2.38. The van der Waals surface area contributed by atoms with Gasteiger partial charge in [-0.05, 0) is 26.8 Å². The van der Waals surface area contributed by atoms with Crippen molar-refractivity contribution >= 4 is 0 Å². The van der Waals surface area contributed by atoms with E-state index in [2.05, 4.69) is 16.8 Å². The maximum Gasteiger partial charge on any atom is 0.104 e. The van der Waals surface area contributed by atoms with Gasteiger partial charge in [0.1, 0.15) is 6.23 Å². The van der Waals surface area contributed by atoms with Crippen LogP contribution in [0.3, 0.4) is 0 Å². The second kappa shape index (κ2) is 2.98. The van der Waals surface area contributed by atoms with Gasteiger partial charge in [0.2, 0.25) is 0 Å². The Morgan fingerprint density at radius 3 is 2.17 bits per heavy atom. The second-order valence-corrected chi connectivity index (χ2v) is 4.14. The summed E-state index contributed by atoms with van der Waals surface area (Å²) in [6.45, 7) is 3.96. The van der Waals surface area contributed by atoms with Gasteiger partial charge in [0, 0.05) is 25.2 Å². The van der Waals surface area contributed by atoms with Gasteiger partial charge >= 0.3 is 0 Å². The molecule has 2 fully saturated rings. The molecule has 2 rings (SSSR count). The SMILES string of the molecule is CC(O)N1CC2CCC(C1)N2C. The minimum atomic E-state index is -0.262. The van der Waals surface area contributed by atoms with Gasteiger partial charge in [0.25, 0.3) is 0 Å². The molecule has 2 heterocycles. The molecule has 0 aromatic carbocycles. The molecule has 12 heavy (non-hydrogen) atoms. The minimum absolute atomic E-state index is 0.262. The number of rotatable bonds is 1. The van der Waals surface area contributed by atoms with E-state index >= 15 is 0 Å². The zero-order valence-electron chi connectivity index (χ0n) is 7.90. The highest BCUT2D eigenvalue weighted by molar-refractivity contribution is 4.94. The molecule has 0 aromatic rings. The summed E-state index contributed by atoms with van der Waals surface area (Å²) in [7, 11) is 2.21. The monoisotopic (exact) mass is 170 g/mol. The lowest BCUT2D eigenvalue weighted by atomic mass is 10.2. The van der Waals surface area contributed by atoms with Crippen molar-refractivity contribution in [1.82, 2.24) is 9.80 Å². The number of nitrogens with zero attached hydrogens (tertiary/aromatic N) is 2. The van der Waals surface area contributed by atoms with Gasteiger partial charge in [-0.1, -0.05) is 0 Å². The molecule has 0 radical (unpaired) electrons. The van der Waals surface area contributed by atoms with Crippen LogP contribution < -0.4 is 0 Å². The predicted molar refractivity (Wildman–Crippen MR) is 47.8 cm³/mol. The Hall–Kier alpha value is -0.120. The van der Waals surface area contributed by atoms with E-state index in [0.717, 1.165) is 13.1 Å². The van der Waals surface area contributed by atoms with E-state index in [9.17, 15) is 5.11 Å². The molecule has 3 atom stereocenters. The Kier molecular flexibility index (Phi) is 2.10. The summed E-state index contributed by atoms with van der Waals surface area (Å²) in [6, 6.07) is 1.39. The van der Waals surface area contributed by atoms with Crippen molar-refractivity contribution in [2.45, 2.75) is 38.1 Å². The quantitative estimate of drug-likeness (QED) is 0.605. The number of hydrogen-bond acceptors (Lipinski definition) is 3. The third-order valence-corrected chi connectivity index (χ3v) is 3.40. The summed E-state index contributed by atoms with van der Waals surface area (Å²) < 4.78 is 0. The van der Waals surface area contributed by atoms with Crippen LogP contribution in [0, 0.1) is 0 Å². The summed E-state index contributed by atoms with van der Waals surface area (Å²) in [5.41, 5.74) is 0. The zero-order valence-corrected chi connectivity index (χ0v) is 7.90. The molecule has 0 spiro atoms. The molecule has 3 unspecified atom stereocenters. The summed E-state index contributed by atoms with van der Waals surface area (Å²) >= 11 is 0. The van der Waals surface area contributed by atoms with Crippen molar-refractivity contribution in [2.24, 2.45) is 0 Å². The first kappa shape index (κ1) is 8.48. The van der Waals surface area contributed by atoms with E-state index in [0.29, 0.717) is 12.1 Å². The summed E-state index contributed by atoms with van der Waals surface area (Å²) in [5.74, 6) is 0. The van der Waals surface area contributed by atoms with E-state index in [-0.39, 0.29) is 6.23 Å². The lowest BCUT2D eigenvalue weighted by molar-refractivity contribution is -0.0317. The minimum Gasteiger partial charge on any atom is -0.379 e. The zero-order chi connectivity index (χ0) is 8.72. The third-order valence-electron chi connectivity index (χ3n) is 3.40. The lowest BCUT2D eigenvalue weighted by Crippen LogP contribution is -2.54. The first-order chi connectivity index (χ1) is 5.68. The highest BCUT2D eigenvalue weighted by Crippen LogP contribution is 2.28. The fraction of sp³-hybridized carbons (Fsp3) is 1.00. The normalized spacial score (nSPS) is 40.2. The van der Waals surface area contributed by atoms with Crippen molar-refractivity contribution in [3.05, 3.63) is 0 Å². The second-order valence-electron chi connectivity index (χ2n) is 4.14. The number of likely N-dealkylation sites (tertiary alicyclic amines) is 1. The maximum atomic E-state index is 9.43. The molecule has 3 heteroatoms. The average Bonchev–Trinajstić information content (AvgIpc) is 2.30. The van der Waals surface area contributed by atoms with E-state index < -0.39 is 0 Å². The molecule has 3 nitrogen and oxygen atoms in total. The topological polar surface area (TPSA) is 26.7 Å². The van der Waals surface area contributed by atoms with Crippen LogP contribution in [0.1, 0.15) is 19.8 Å². The van der Waals surface area contributed by atoms with Gasteiger partial charge in [0.15, 0.2) is 0 Å². The standard InChI is InChI=1S/C9H18N2O/c1-7(12)11-5-8-3-4-9(6-11)10(8)2/h7-9,12H,3-6H2,1-2H3. The Bertz CT molecular complexity index is 158. The van der Waals surface area contributed by atoms with Crippen LogP contribution in [0.2, 0.25) is 0 Å². The van der Waals surface area contributed by atoms with Crippen LogP contribution in [0.5, 0.6) is 0 Å². The molecular weight excluding hydrogens is 152 g/mol. The number of aliphatic hydroxyl groups is 1. The molecule has 0 aliphatic carbocycles. The van der Waals surface area contributed by atoms with Crippen LogP contribution >= 0.6 is 0 Å². The molecule has 0 aromatic heterocycles. The first-order valence-electron chi connectivity index (χ1n) is 4.82. The third kappa shape index (κ3) is 1.26. The van der Waals surface area contributed by atoms with E-state index in [1.54, 1.807) is 0 Å². The Labute approximate surface area is 74.0 Å². The fourth-order valence-electron chi connectivity index (χ4n) is 2.45. The Balaban J connectivity index is 2.02. The maximum absolute atomic E-state index is 9.43. The summed E-state index contributed by atoms with van der Waals surface area (Å²) in [4.78, 5) is 4.65. The summed E-state index contributed by atoms with van der Waals surface area (Å²) in [5, 5.41) is 9.43. The van der Waals surface area contributed by atoms with E-state index in [1.807, 2.05) is 6.92 Å². The van der Waals surface area contributed by atoms with Crippen LogP contribution in [0.15, 0.2) is 0 Å². The van der Waals surface area contributed by atoms with Gasteiger partial charge < -0.3 is 5.11 Å². The van der Waals surface area contributed by atoms with Crippen LogP contribution in [-0.4, -0.2) is 53.4 Å². The molecule has 1 N–H and O–H groups in total.